The minimum atomic E-state index is -2.82. The van der Waals surface area contributed by atoms with Gasteiger partial charge >= 0.3 is 6.03 Å². The Hall–Kier alpha value is -5.18. The van der Waals surface area contributed by atoms with Gasteiger partial charge in [-0.15, -0.1) is 0 Å². The van der Waals surface area contributed by atoms with Crippen LogP contribution in [0.15, 0.2) is 59.5 Å². The molecule has 0 spiro atoms. The number of hydrogen-bond acceptors (Lipinski definition) is 9. The Morgan fingerprint density at radius 1 is 1.05 bits per heavy atom. The molecule has 3 N–H and O–H groups in total. The van der Waals surface area contributed by atoms with Crippen molar-refractivity contribution >= 4 is 39.9 Å². The fourth-order valence-corrected chi connectivity index (χ4v) is 7.32. The summed E-state index contributed by atoms with van der Waals surface area (Å²) in [7, 11) is 6.69. The number of nitrogens with zero attached hydrogens (tertiary/aromatic N) is 5. The van der Waals surface area contributed by atoms with Gasteiger partial charge in [0.15, 0.2) is 0 Å². The molecule has 55 heavy (non-hydrogen) atoms. The first-order chi connectivity index (χ1) is 26.5. The lowest BCUT2D eigenvalue weighted by atomic mass is 9.96. The fourth-order valence-electron chi connectivity index (χ4n) is 6.99. The number of aryl methyl sites for hydroxylation is 2. The summed E-state index contributed by atoms with van der Waals surface area (Å²) in [6, 6.07) is 15.0. The zero-order chi connectivity index (χ0) is 39.2. The van der Waals surface area contributed by atoms with E-state index in [1.165, 1.54) is 24.9 Å². The Morgan fingerprint density at radius 2 is 1.82 bits per heavy atom. The number of anilines is 2. The Morgan fingerprint density at radius 3 is 2.56 bits per heavy atom. The third-order valence-electron chi connectivity index (χ3n) is 9.93. The van der Waals surface area contributed by atoms with Gasteiger partial charge in [-0.3, -0.25) is 4.79 Å². The minimum absolute atomic E-state index is 0.0307. The molecule has 1 unspecified atom stereocenters. The molecule has 4 heterocycles. The second kappa shape index (κ2) is 17.5. The van der Waals surface area contributed by atoms with Crippen LogP contribution in [-0.4, -0.2) is 84.2 Å². The van der Waals surface area contributed by atoms with Crippen LogP contribution in [0.1, 0.15) is 41.7 Å². The van der Waals surface area contributed by atoms with Crippen LogP contribution in [0.5, 0.6) is 5.88 Å². The van der Waals surface area contributed by atoms with Crippen LogP contribution < -0.4 is 26.2 Å². The van der Waals surface area contributed by atoms with Gasteiger partial charge in [0.1, 0.15) is 11.5 Å². The second-order valence-electron chi connectivity index (χ2n) is 13.5. The molecule has 1 aliphatic heterocycles. The molecule has 1 saturated heterocycles. The Bertz CT molecular complexity index is 2250. The van der Waals surface area contributed by atoms with Crippen LogP contribution in [-0.2, 0) is 24.6 Å². The van der Waals surface area contributed by atoms with E-state index in [4.69, 9.17) is 26.1 Å². The number of benzene rings is 2. The van der Waals surface area contributed by atoms with Gasteiger partial charge in [-0.25, -0.2) is 28.2 Å². The number of halogens is 3. The molecule has 1 aliphatic carbocycles. The van der Waals surface area contributed by atoms with E-state index in [1.807, 2.05) is 44.3 Å². The number of ether oxygens (including phenoxy) is 2. The molecule has 1 atom stereocenters. The van der Waals surface area contributed by atoms with Crippen molar-refractivity contribution in [1.29, 1.82) is 0 Å². The van der Waals surface area contributed by atoms with E-state index in [0.29, 0.717) is 29.7 Å². The van der Waals surface area contributed by atoms with Crippen molar-refractivity contribution in [1.82, 2.24) is 35.3 Å². The van der Waals surface area contributed by atoms with E-state index in [0.717, 1.165) is 77.0 Å². The Kier molecular flexibility index (Phi) is 12.6. The summed E-state index contributed by atoms with van der Waals surface area (Å²) in [5.41, 5.74) is 6.02. The molecule has 0 bridgehead atoms. The average molecular weight is 775 g/mol. The van der Waals surface area contributed by atoms with Crippen LogP contribution in [0.25, 0.3) is 33.2 Å². The molecule has 2 aromatic carbocycles. The molecule has 290 valence electrons. The van der Waals surface area contributed by atoms with Crippen molar-refractivity contribution in [2.24, 2.45) is 7.05 Å². The lowest BCUT2D eigenvalue weighted by Gasteiger charge is -2.17. The Balaban J connectivity index is 0.000000311. The van der Waals surface area contributed by atoms with Crippen molar-refractivity contribution in [2.75, 3.05) is 52.8 Å². The van der Waals surface area contributed by atoms with Gasteiger partial charge in [-0.2, -0.15) is 5.10 Å². The number of urea groups is 1. The predicted molar refractivity (Wildman–Crippen MR) is 211 cm³/mol. The van der Waals surface area contributed by atoms with Crippen LogP contribution in [0.4, 0.5) is 25.1 Å². The first-order valence-corrected chi connectivity index (χ1v) is 18.5. The largest absolute Gasteiger partial charge is 0.481 e. The SMILES string of the molecule is CNCCC1CN(CCOC)C(=O)N1.COc1nc(-c2cccc(-c3cccc(Nc4nc(C(F)F)cc5cnn(C)c(=O)c45)c3C)c2Cl)cc2c1CCC2. The molecule has 15 heteroatoms. The van der Waals surface area contributed by atoms with Gasteiger partial charge in [0.05, 0.1) is 36.0 Å². The molecule has 1 fully saturated rings. The van der Waals surface area contributed by atoms with E-state index < -0.39 is 17.7 Å². The zero-order valence-electron chi connectivity index (χ0n) is 31.5. The van der Waals surface area contributed by atoms with Crippen LogP contribution in [0.3, 0.4) is 0 Å². The maximum Gasteiger partial charge on any atom is 0.317 e. The van der Waals surface area contributed by atoms with Crippen LogP contribution in [0.2, 0.25) is 5.02 Å². The van der Waals surface area contributed by atoms with Crippen molar-refractivity contribution in [3.8, 4) is 28.3 Å². The number of hydrogen-bond donors (Lipinski definition) is 3. The summed E-state index contributed by atoms with van der Waals surface area (Å²) in [5.74, 6) is 0.668. The normalized spacial score (nSPS) is 14.9. The smallest absolute Gasteiger partial charge is 0.317 e. The van der Waals surface area contributed by atoms with E-state index in [1.54, 1.807) is 25.2 Å². The summed E-state index contributed by atoms with van der Waals surface area (Å²) < 4.78 is 39.0. The van der Waals surface area contributed by atoms with Crippen molar-refractivity contribution in [3.05, 3.63) is 92.5 Å². The Labute approximate surface area is 323 Å². The van der Waals surface area contributed by atoms with E-state index >= 15 is 0 Å². The topological polar surface area (TPSA) is 136 Å². The van der Waals surface area contributed by atoms with E-state index in [9.17, 15) is 18.4 Å². The number of methoxy groups -OCH3 is 2. The van der Waals surface area contributed by atoms with Gasteiger partial charge in [-0.1, -0.05) is 41.9 Å². The van der Waals surface area contributed by atoms with Gasteiger partial charge in [0.2, 0.25) is 5.88 Å². The van der Waals surface area contributed by atoms with Crippen molar-refractivity contribution < 1.29 is 23.0 Å². The number of pyridine rings is 2. The van der Waals surface area contributed by atoms with Crippen molar-refractivity contribution in [2.45, 2.75) is 45.1 Å². The first kappa shape index (κ1) is 39.5. The second-order valence-corrected chi connectivity index (χ2v) is 13.9. The third kappa shape index (κ3) is 8.56. The molecule has 5 aromatic rings. The van der Waals surface area contributed by atoms with Crippen molar-refractivity contribution in [3.63, 3.8) is 0 Å². The fraction of sp³-hybridized carbons (Fsp3) is 0.375. The average Bonchev–Trinajstić information content (AvgIpc) is 3.81. The number of aromatic nitrogens is 4. The lowest BCUT2D eigenvalue weighted by molar-refractivity contribution is 0.146. The van der Waals surface area contributed by atoms with Gasteiger partial charge < -0.3 is 30.3 Å². The number of carbonyl (C=O) groups excluding carboxylic acids is 1. The van der Waals surface area contributed by atoms with Crippen LogP contribution >= 0.6 is 11.6 Å². The zero-order valence-corrected chi connectivity index (χ0v) is 32.3. The molecule has 0 saturated carbocycles. The number of alkyl halides is 2. The summed E-state index contributed by atoms with van der Waals surface area (Å²) in [6.07, 6.45) is 2.53. The number of amides is 2. The first-order valence-electron chi connectivity index (χ1n) is 18.1. The molecule has 0 radical (unpaired) electrons. The monoisotopic (exact) mass is 774 g/mol. The highest BCUT2D eigenvalue weighted by Gasteiger charge is 2.27. The highest BCUT2D eigenvalue weighted by atomic mass is 35.5. The lowest BCUT2D eigenvalue weighted by Crippen LogP contribution is -2.31. The molecular weight excluding hydrogens is 730 g/mol. The number of nitrogens with one attached hydrogen (secondary N) is 3. The summed E-state index contributed by atoms with van der Waals surface area (Å²) >= 11 is 7.03. The molecular formula is C40H45ClF2N8O4. The number of carbonyl (C=O) groups is 1. The number of rotatable bonds is 12. The van der Waals surface area contributed by atoms with Crippen LogP contribution in [0, 0.1) is 6.92 Å². The summed E-state index contributed by atoms with van der Waals surface area (Å²) in [4.78, 5) is 35.0. The van der Waals surface area contributed by atoms with E-state index in [-0.39, 0.29) is 28.7 Å². The van der Waals surface area contributed by atoms with Gasteiger partial charge in [0.25, 0.3) is 12.0 Å². The molecule has 7 rings (SSSR count). The highest BCUT2D eigenvalue weighted by molar-refractivity contribution is 6.36. The standard InChI is InChI=1S/C31H26ClF2N5O2.C9H19N3O2/c1-16-19(21-10-5-11-22(27(21)32)24-13-17-7-4-9-20(17)30(38-24)41-3)8-6-12-23(16)36-29-26-18(14-25(37-29)28(33)34)15-35-39(2)31(26)40;1-10-4-3-8-7-12(5-6-14-2)9(13)11-8/h5-6,8,10-15,28H,4,7,9H2,1-3H3,(H,36,37);8,10H,3-7H2,1-2H3,(H,11,13). The maximum absolute atomic E-state index is 13.7. The summed E-state index contributed by atoms with van der Waals surface area (Å²) in [6.45, 7) is 4.91. The van der Waals surface area contributed by atoms with E-state index in [2.05, 4.69) is 32.1 Å². The predicted octanol–water partition coefficient (Wildman–Crippen LogP) is 6.83. The third-order valence-corrected chi connectivity index (χ3v) is 10.3. The maximum atomic E-state index is 13.7. The number of fused-ring (bicyclic) bond motifs is 2. The minimum Gasteiger partial charge on any atom is -0.481 e. The molecule has 12 nitrogen and oxygen atoms in total. The summed E-state index contributed by atoms with van der Waals surface area (Å²) in [5, 5.41) is 14.1. The van der Waals surface area contributed by atoms with Gasteiger partial charge in [0, 0.05) is 61.1 Å². The molecule has 3 aromatic heterocycles. The van der Waals surface area contributed by atoms with Gasteiger partial charge in [-0.05, 0) is 81.1 Å². The molecule has 2 amide bonds. The highest BCUT2D eigenvalue weighted by Crippen LogP contribution is 2.41. The molecule has 2 aliphatic rings. The quantitative estimate of drug-likeness (QED) is 0.125.